The summed E-state index contributed by atoms with van der Waals surface area (Å²) in [5.41, 5.74) is 4.27. The standard InChI is InChI=1S/C34H37N3O4/c1-40-29-17-13-27(14-18-29)33(38)35-31-9-5-6-10-32(31)36-34(39)28-19-21-37(22-20-28)23-25-11-15-30(16-12-25)41-24-26-7-3-2-4-8-26/h2-11,13-15,17-18,28H,12,16,19-24H2,1H3,(H,35,38)(H,36,39). The van der Waals surface area contributed by atoms with Gasteiger partial charge in [0.05, 0.1) is 24.2 Å². The summed E-state index contributed by atoms with van der Waals surface area (Å²) in [6.45, 7) is 3.29. The Labute approximate surface area is 241 Å². The van der Waals surface area contributed by atoms with Gasteiger partial charge in [-0.3, -0.25) is 14.5 Å². The summed E-state index contributed by atoms with van der Waals surface area (Å²) in [5, 5.41) is 5.98. The lowest BCUT2D eigenvalue weighted by Gasteiger charge is -2.32. The number of anilines is 2. The number of methoxy groups -OCH3 is 1. The molecule has 3 aromatic carbocycles. The van der Waals surface area contributed by atoms with Crippen LogP contribution in [0.4, 0.5) is 11.4 Å². The Hall–Kier alpha value is -4.36. The third-order valence-electron chi connectivity index (χ3n) is 7.63. The van der Waals surface area contributed by atoms with Gasteiger partial charge in [-0.1, -0.05) is 54.1 Å². The number of ether oxygens (including phenoxy) is 2. The van der Waals surface area contributed by atoms with Crippen molar-refractivity contribution in [3.8, 4) is 5.75 Å². The number of carbonyl (C=O) groups is 2. The van der Waals surface area contributed by atoms with E-state index >= 15 is 0 Å². The van der Waals surface area contributed by atoms with Crippen molar-refractivity contribution in [1.82, 2.24) is 4.90 Å². The molecule has 212 valence electrons. The normalized spacial score (nSPS) is 15.8. The highest BCUT2D eigenvalue weighted by molar-refractivity contribution is 6.07. The van der Waals surface area contributed by atoms with Gasteiger partial charge >= 0.3 is 0 Å². The van der Waals surface area contributed by atoms with Crippen LogP contribution < -0.4 is 15.4 Å². The first-order chi connectivity index (χ1) is 20.1. The summed E-state index contributed by atoms with van der Waals surface area (Å²) in [6, 6.07) is 24.4. The maximum absolute atomic E-state index is 13.2. The lowest BCUT2D eigenvalue weighted by molar-refractivity contribution is -0.121. The fourth-order valence-electron chi connectivity index (χ4n) is 5.18. The van der Waals surface area contributed by atoms with Gasteiger partial charge in [0.2, 0.25) is 5.91 Å². The highest BCUT2D eigenvalue weighted by atomic mass is 16.5. The van der Waals surface area contributed by atoms with E-state index in [4.69, 9.17) is 9.47 Å². The third-order valence-corrected chi connectivity index (χ3v) is 7.63. The zero-order valence-corrected chi connectivity index (χ0v) is 23.5. The van der Waals surface area contributed by atoms with Crippen LogP contribution in [0.2, 0.25) is 0 Å². The van der Waals surface area contributed by atoms with Crippen LogP contribution in [0.1, 0.15) is 41.6 Å². The van der Waals surface area contributed by atoms with Crippen molar-refractivity contribution in [3.63, 3.8) is 0 Å². The van der Waals surface area contributed by atoms with E-state index in [9.17, 15) is 9.59 Å². The number of nitrogens with zero attached hydrogens (tertiary/aromatic N) is 1. The number of amides is 2. The predicted octanol–water partition coefficient (Wildman–Crippen LogP) is 6.42. The van der Waals surface area contributed by atoms with Gasteiger partial charge in [0.15, 0.2) is 0 Å². The van der Waals surface area contributed by atoms with Crippen molar-refractivity contribution >= 4 is 23.2 Å². The molecule has 1 heterocycles. The molecule has 1 fully saturated rings. The first kappa shape index (κ1) is 28.2. The predicted molar refractivity (Wildman–Crippen MR) is 162 cm³/mol. The third kappa shape index (κ3) is 7.86. The van der Waals surface area contributed by atoms with E-state index in [2.05, 4.69) is 39.8 Å². The number of hydrogen-bond donors (Lipinski definition) is 2. The minimum Gasteiger partial charge on any atom is -0.497 e. The maximum atomic E-state index is 13.2. The van der Waals surface area contributed by atoms with Crippen molar-refractivity contribution < 1.29 is 19.1 Å². The Morgan fingerprint density at radius 3 is 2.17 bits per heavy atom. The molecule has 0 unspecified atom stereocenters. The van der Waals surface area contributed by atoms with Crippen molar-refractivity contribution in [2.45, 2.75) is 32.3 Å². The molecule has 7 heteroatoms. The first-order valence-electron chi connectivity index (χ1n) is 14.2. The molecule has 2 amide bonds. The molecule has 0 radical (unpaired) electrons. The van der Waals surface area contributed by atoms with Crippen molar-refractivity contribution in [1.29, 1.82) is 0 Å². The van der Waals surface area contributed by atoms with Crippen LogP contribution in [0.5, 0.6) is 5.75 Å². The van der Waals surface area contributed by atoms with E-state index in [0.717, 1.165) is 51.1 Å². The summed E-state index contributed by atoms with van der Waals surface area (Å²) in [5.74, 6) is 1.41. The van der Waals surface area contributed by atoms with Gasteiger partial charge in [-0.15, -0.1) is 0 Å². The lowest BCUT2D eigenvalue weighted by atomic mass is 9.94. The number of para-hydroxylation sites is 2. The molecule has 0 atom stereocenters. The summed E-state index contributed by atoms with van der Waals surface area (Å²) in [4.78, 5) is 28.4. The summed E-state index contributed by atoms with van der Waals surface area (Å²) >= 11 is 0. The average molecular weight is 552 g/mol. The topological polar surface area (TPSA) is 79.9 Å². The number of likely N-dealkylation sites (tertiary alicyclic amines) is 1. The van der Waals surface area contributed by atoms with E-state index in [0.29, 0.717) is 29.3 Å². The van der Waals surface area contributed by atoms with Gasteiger partial charge in [0, 0.05) is 24.4 Å². The van der Waals surface area contributed by atoms with E-state index < -0.39 is 0 Å². The first-order valence-corrected chi connectivity index (χ1v) is 14.2. The molecule has 0 spiro atoms. The molecular weight excluding hydrogens is 514 g/mol. The molecular formula is C34H37N3O4. The molecule has 3 aromatic rings. The number of allylic oxidation sites excluding steroid dienone is 3. The van der Waals surface area contributed by atoms with Gasteiger partial charge < -0.3 is 20.1 Å². The van der Waals surface area contributed by atoms with Gasteiger partial charge in [-0.25, -0.2) is 0 Å². The quantitative estimate of drug-likeness (QED) is 0.304. The summed E-state index contributed by atoms with van der Waals surface area (Å²) < 4.78 is 11.2. The highest BCUT2D eigenvalue weighted by Gasteiger charge is 2.26. The summed E-state index contributed by atoms with van der Waals surface area (Å²) in [7, 11) is 1.59. The van der Waals surface area contributed by atoms with Crippen LogP contribution in [-0.4, -0.2) is 43.5 Å². The van der Waals surface area contributed by atoms with Gasteiger partial charge in [0.1, 0.15) is 12.4 Å². The van der Waals surface area contributed by atoms with Crippen molar-refractivity contribution in [2.24, 2.45) is 5.92 Å². The van der Waals surface area contributed by atoms with E-state index in [1.165, 1.54) is 11.1 Å². The van der Waals surface area contributed by atoms with Crippen molar-refractivity contribution in [3.05, 3.63) is 113 Å². The number of rotatable bonds is 10. The SMILES string of the molecule is COc1ccc(C(=O)Nc2ccccc2NC(=O)C2CCN(CC3=CC=C(OCc4ccccc4)CC3)CC2)cc1. The Balaban J connectivity index is 1.08. The number of nitrogens with one attached hydrogen (secondary N) is 2. The molecule has 41 heavy (non-hydrogen) atoms. The number of carbonyl (C=O) groups excluding carboxylic acids is 2. The van der Waals surface area contributed by atoms with Crippen LogP contribution in [-0.2, 0) is 16.1 Å². The monoisotopic (exact) mass is 551 g/mol. The van der Waals surface area contributed by atoms with Crippen LogP contribution >= 0.6 is 0 Å². The van der Waals surface area contributed by atoms with E-state index in [-0.39, 0.29) is 17.7 Å². The highest BCUT2D eigenvalue weighted by Crippen LogP contribution is 2.27. The minimum atomic E-state index is -0.246. The zero-order valence-electron chi connectivity index (χ0n) is 23.5. The van der Waals surface area contributed by atoms with Gasteiger partial charge in [-0.05, 0) is 80.4 Å². The molecule has 0 saturated carbocycles. The maximum Gasteiger partial charge on any atom is 0.255 e. The van der Waals surface area contributed by atoms with E-state index in [1.807, 2.05) is 36.4 Å². The molecule has 7 nitrogen and oxygen atoms in total. The van der Waals surface area contributed by atoms with Gasteiger partial charge in [-0.2, -0.15) is 0 Å². The Kier molecular flexibility index (Phi) is 9.49. The van der Waals surface area contributed by atoms with Gasteiger partial charge in [0.25, 0.3) is 5.91 Å². The Morgan fingerprint density at radius 1 is 0.829 bits per heavy atom. The molecule has 2 aliphatic rings. The molecule has 0 aromatic heterocycles. The average Bonchev–Trinajstić information content (AvgIpc) is 3.02. The molecule has 5 rings (SSSR count). The second-order valence-corrected chi connectivity index (χ2v) is 10.5. The molecule has 0 bridgehead atoms. The second kappa shape index (κ2) is 13.8. The van der Waals surface area contributed by atoms with Crippen LogP contribution in [0.15, 0.2) is 102 Å². The smallest absolute Gasteiger partial charge is 0.255 e. The fourth-order valence-corrected chi connectivity index (χ4v) is 5.18. The summed E-state index contributed by atoms with van der Waals surface area (Å²) in [6.07, 6.45) is 7.83. The number of benzene rings is 3. The van der Waals surface area contributed by atoms with Crippen LogP contribution in [0.25, 0.3) is 0 Å². The lowest BCUT2D eigenvalue weighted by Crippen LogP contribution is -2.39. The zero-order chi connectivity index (χ0) is 28.4. The molecule has 1 aliphatic heterocycles. The number of piperidine rings is 1. The van der Waals surface area contributed by atoms with Crippen LogP contribution in [0, 0.1) is 5.92 Å². The van der Waals surface area contributed by atoms with E-state index in [1.54, 1.807) is 37.4 Å². The Morgan fingerprint density at radius 2 is 1.51 bits per heavy atom. The molecule has 1 saturated heterocycles. The number of hydrogen-bond acceptors (Lipinski definition) is 5. The minimum absolute atomic E-state index is 0.00387. The van der Waals surface area contributed by atoms with Crippen molar-refractivity contribution in [2.75, 3.05) is 37.4 Å². The fraction of sp³-hybridized carbons (Fsp3) is 0.294. The van der Waals surface area contributed by atoms with Crippen LogP contribution in [0.3, 0.4) is 0 Å². The largest absolute Gasteiger partial charge is 0.497 e. The Bertz CT molecular complexity index is 1390. The molecule has 1 aliphatic carbocycles. The molecule has 2 N–H and O–H groups in total. The second-order valence-electron chi connectivity index (χ2n) is 10.5.